The fourth-order valence-electron chi connectivity index (χ4n) is 3.83. The molecule has 1 N–H and O–H groups in total. The molecule has 1 amide bonds. The molecule has 144 valence electrons. The summed E-state index contributed by atoms with van der Waals surface area (Å²) in [6.07, 6.45) is -1.34. The second kappa shape index (κ2) is 7.93. The summed E-state index contributed by atoms with van der Waals surface area (Å²) in [6.45, 7) is 2.84. The number of carbonyl (C=O) groups is 2. The Morgan fingerprint density at radius 1 is 1.28 bits per heavy atom. The highest BCUT2D eigenvalue weighted by Gasteiger charge is 2.54. The van der Waals surface area contributed by atoms with Gasteiger partial charge in [-0.25, -0.2) is 0 Å². The zero-order valence-corrected chi connectivity index (χ0v) is 14.6. The Balaban J connectivity index is 2.03. The van der Waals surface area contributed by atoms with Gasteiger partial charge in [0.1, 0.15) is 6.10 Å². The van der Waals surface area contributed by atoms with Crippen molar-refractivity contribution in [1.82, 2.24) is 4.90 Å². The Morgan fingerprint density at radius 2 is 1.96 bits per heavy atom. The number of aliphatic carboxylic acids is 1. The first-order valence-electron chi connectivity index (χ1n) is 8.87. The van der Waals surface area contributed by atoms with E-state index in [9.17, 15) is 22.8 Å². The molecule has 1 saturated heterocycles. The molecule has 1 aliphatic carbocycles. The van der Waals surface area contributed by atoms with Gasteiger partial charge in [0.05, 0.1) is 17.9 Å². The highest BCUT2D eigenvalue weighted by Crippen LogP contribution is 2.38. The van der Waals surface area contributed by atoms with Crippen LogP contribution in [-0.4, -0.2) is 53.4 Å². The quantitative estimate of drug-likeness (QED) is 0.813. The maximum absolute atomic E-state index is 13.1. The Hall–Kier alpha value is -1.31. The minimum absolute atomic E-state index is 0.0612. The van der Waals surface area contributed by atoms with Crippen LogP contribution in [0, 0.1) is 17.8 Å². The summed E-state index contributed by atoms with van der Waals surface area (Å²) >= 11 is 0. The number of halogens is 3. The van der Waals surface area contributed by atoms with Crippen LogP contribution in [0.3, 0.4) is 0 Å². The van der Waals surface area contributed by atoms with Crippen molar-refractivity contribution in [1.29, 1.82) is 0 Å². The van der Waals surface area contributed by atoms with E-state index in [1.807, 2.05) is 0 Å². The van der Waals surface area contributed by atoms with Crippen LogP contribution in [0.4, 0.5) is 13.2 Å². The third-order valence-corrected chi connectivity index (χ3v) is 5.26. The van der Waals surface area contributed by atoms with Crippen molar-refractivity contribution in [3.63, 3.8) is 0 Å². The third kappa shape index (κ3) is 4.86. The highest BCUT2D eigenvalue weighted by molar-refractivity contribution is 5.82. The summed E-state index contributed by atoms with van der Waals surface area (Å²) in [5.74, 6) is -5.19. The van der Waals surface area contributed by atoms with Crippen molar-refractivity contribution in [3.05, 3.63) is 0 Å². The van der Waals surface area contributed by atoms with E-state index < -0.39 is 49.1 Å². The second-order valence-electron chi connectivity index (χ2n) is 7.26. The topological polar surface area (TPSA) is 66.8 Å². The molecule has 5 nitrogen and oxygen atoms in total. The number of ether oxygens (including phenoxy) is 1. The van der Waals surface area contributed by atoms with E-state index in [1.165, 1.54) is 0 Å². The molecule has 25 heavy (non-hydrogen) atoms. The number of carboxylic acids is 1. The third-order valence-electron chi connectivity index (χ3n) is 5.26. The van der Waals surface area contributed by atoms with Crippen molar-refractivity contribution >= 4 is 11.9 Å². The van der Waals surface area contributed by atoms with Gasteiger partial charge in [0.25, 0.3) is 5.91 Å². The summed E-state index contributed by atoms with van der Waals surface area (Å²) < 4.78 is 45.1. The maximum atomic E-state index is 13.1. The average molecular weight is 365 g/mol. The maximum Gasteiger partial charge on any atom is 0.394 e. The van der Waals surface area contributed by atoms with Gasteiger partial charge in [0, 0.05) is 13.1 Å². The number of rotatable bonds is 5. The van der Waals surface area contributed by atoms with Gasteiger partial charge in [0.15, 0.2) is 0 Å². The molecule has 0 bridgehead atoms. The van der Waals surface area contributed by atoms with Gasteiger partial charge in [-0.1, -0.05) is 26.7 Å². The van der Waals surface area contributed by atoms with Crippen LogP contribution in [0.25, 0.3) is 0 Å². The fraction of sp³-hybridized carbons (Fsp3) is 0.882. The first-order valence-corrected chi connectivity index (χ1v) is 8.87. The van der Waals surface area contributed by atoms with E-state index in [1.54, 1.807) is 6.92 Å². The van der Waals surface area contributed by atoms with E-state index in [-0.39, 0.29) is 6.10 Å². The van der Waals surface area contributed by atoms with Gasteiger partial charge in [-0.15, -0.1) is 0 Å². The minimum atomic E-state index is -4.64. The monoisotopic (exact) mass is 365 g/mol. The van der Waals surface area contributed by atoms with Crippen LogP contribution in [0.1, 0.15) is 46.0 Å². The molecule has 2 rings (SSSR count). The van der Waals surface area contributed by atoms with Crippen molar-refractivity contribution in [3.8, 4) is 0 Å². The lowest BCUT2D eigenvalue weighted by Gasteiger charge is -2.31. The smallest absolute Gasteiger partial charge is 0.394 e. The van der Waals surface area contributed by atoms with E-state index in [2.05, 4.69) is 6.92 Å². The van der Waals surface area contributed by atoms with Crippen molar-refractivity contribution in [2.75, 3.05) is 13.1 Å². The molecular formula is C17H26F3NO4. The lowest BCUT2D eigenvalue weighted by atomic mass is 9.88. The lowest BCUT2D eigenvalue weighted by molar-refractivity contribution is -0.188. The number of nitrogens with zero attached hydrogens (tertiary/aromatic N) is 1. The highest BCUT2D eigenvalue weighted by atomic mass is 19.4. The Bertz CT molecular complexity index is 497. The molecule has 0 radical (unpaired) electrons. The van der Waals surface area contributed by atoms with Gasteiger partial charge < -0.3 is 14.7 Å². The molecule has 3 unspecified atom stereocenters. The van der Waals surface area contributed by atoms with E-state index >= 15 is 0 Å². The van der Waals surface area contributed by atoms with Gasteiger partial charge in [-0.3, -0.25) is 9.59 Å². The lowest BCUT2D eigenvalue weighted by Crippen LogP contribution is -2.42. The number of carbonyl (C=O) groups excluding carboxylic acids is 1. The molecular weight excluding hydrogens is 339 g/mol. The predicted octanol–water partition coefficient (Wildman–Crippen LogP) is 3.08. The van der Waals surface area contributed by atoms with Crippen LogP contribution in [0.15, 0.2) is 0 Å². The van der Waals surface area contributed by atoms with Crippen molar-refractivity contribution < 1.29 is 32.6 Å². The van der Waals surface area contributed by atoms with Crippen molar-refractivity contribution in [2.24, 2.45) is 17.8 Å². The summed E-state index contributed by atoms with van der Waals surface area (Å²) in [4.78, 5) is 24.8. The number of amides is 1. The van der Waals surface area contributed by atoms with Gasteiger partial charge in [-0.2, -0.15) is 13.2 Å². The molecule has 1 saturated carbocycles. The zero-order valence-electron chi connectivity index (χ0n) is 14.6. The van der Waals surface area contributed by atoms with Crippen LogP contribution < -0.4 is 0 Å². The SMILES string of the molecule is CCC(OC1CCCC(C)C1)C(=O)N1C[C@@H](C(F)(F)F)[C@H](C(=O)O)C1. The van der Waals surface area contributed by atoms with Crippen LogP contribution in [0.2, 0.25) is 0 Å². The fourth-order valence-corrected chi connectivity index (χ4v) is 3.83. The molecule has 2 aliphatic rings. The molecule has 0 aromatic heterocycles. The minimum Gasteiger partial charge on any atom is -0.481 e. The molecule has 5 atom stereocenters. The molecule has 1 heterocycles. The summed E-state index contributed by atoms with van der Waals surface area (Å²) in [5.41, 5.74) is 0. The van der Waals surface area contributed by atoms with E-state index in [0.29, 0.717) is 12.3 Å². The number of hydrogen-bond acceptors (Lipinski definition) is 3. The molecule has 0 aromatic rings. The van der Waals surface area contributed by atoms with E-state index in [4.69, 9.17) is 9.84 Å². The van der Waals surface area contributed by atoms with Gasteiger partial charge in [0.2, 0.25) is 0 Å². The largest absolute Gasteiger partial charge is 0.481 e. The molecule has 0 spiro atoms. The average Bonchev–Trinajstić information content (AvgIpc) is 2.98. The number of likely N-dealkylation sites (tertiary alicyclic amines) is 1. The summed E-state index contributed by atoms with van der Waals surface area (Å²) in [6, 6.07) is 0. The van der Waals surface area contributed by atoms with Gasteiger partial charge >= 0.3 is 12.1 Å². The van der Waals surface area contributed by atoms with Crippen LogP contribution in [0.5, 0.6) is 0 Å². The summed E-state index contributed by atoms with van der Waals surface area (Å²) in [7, 11) is 0. The Labute approximate surface area is 145 Å². The Morgan fingerprint density at radius 3 is 2.44 bits per heavy atom. The second-order valence-corrected chi connectivity index (χ2v) is 7.26. The standard InChI is InChI=1S/C17H26F3NO4/c1-3-14(25-11-6-4-5-10(2)7-11)15(22)21-8-12(16(23)24)13(9-21)17(18,19)20/h10-14H,3-9H2,1-2H3,(H,23,24)/t10?,11?,12-,13-,14?/m1/s1. The first kappa shape index (κ1) is 20.0. The molecule has 2 fully saturated rings. The number of carboxylic acid groups (broad SMARTS) is 1. The zero-order chi connectivity index (χ0) is 18.8. The molecule has 1 aliphatic heterocycles. The van der Waals surface area contributed by atoms with E-state index in [0.717, 1.165) is 30.6 Å². The normalized spacial score (nSPS) is 31.8. The molecule has 0 aromatic carbocycles. The Kier molecular flexibility index (Phi) is 6.35. The van der Waals surface area contributed by atoms with Crippen molar-refractivity contribution in [2.45, 2.75) is 64.3 Å². The number of hydrogen-bond donors (Lipinski definition) is 1. The number of alkyl halides is 3. The van der Waals surface area contributed by atoms with Crippen LogP contribution in [-0.2, 0) is 14.3 Å². The molecule has 8 heteroatoms. The van der Waals surface area contributed by atoms with Crippen LogP contribution >= 0.6 is 0 Å². The first-order chi connectivity index (χ1) is 11.6. The van der Waals surface area contributed by atoms with Gasteiger partial charge in [-0.05, 0) is 25.2 Å². The predicted molar refractivity (Wildman–Crippen MR) is 83.8 cm³/mol. The summed E-state index contributed by atoms with van der Waals surface area (Å²) in [5, 5.41) is 9.06.